The van der Waals surface area contributed by atoms with E-state index in [0.29, 0.717) is 0 Å². The van der Waals surface area contributed by atoms with Crippen molar-refractivity contribution in [3.05, 3.63) is 75.6 Å². The summed E-state index contributed by atoms with van der Waals surface area (Å²) < 4.78 is 8.73. The number of benzene rings is 2. The highest BCUT2D eigenvalue weighted by Gasteiger charge is 2.26. The zero-order valence-electron chi connectivity index (χ0n) is 19.1. The molecule has 1 fully saturated rings. The second-order valence-corrected chi connectivity index (χ2v) is 10.9. The minimum absolute atomic E-state index is 0.131. The molecule has 0 N–H and O–H groups in total. The summed E-state index contributed by atoms with van der Waals surface area (Å²) in [7, 11) is 1.67. The number of aromatic nitrogens is 2. The first-order valence-corrected chi connectivity index (χ1v) is 13.5. The van der Waals surface area contributed by atoms with Crippen LogP contribution in [0.4, 0.5) is 0 Å². The molecule has 0 aliphatic carbocycles. The largest absolute Gasteiger partial charge is 0.497 e. The van der Waals surface area contributed by atoms with Gasteiger partial charge in [0.05, 0.1) is 33.6 Å². The highest BCUT2D eigenvalue weighted by molar-refractivity contribution is 7.23. The van der Waals surface area contributed by atoms with E-state index in [0.717, 1.165) is 80.5 Å². The van der Waals surface area contributed by atoms with Crippen LogP contribution < -0.4 is 4.74 Å². The van der Waals surface area contributed by atoms with Gasteiger partial charge in [-0.1, -0.05) is 29.0 Å². The van der Waals surface area contributed by atoms with E-state index in [9.17, 15) is 4.79 Å². The van der Waals surface area contributed by atoms with E-state index in [1.807, 2.05) is 46.7 Å². The molecule has 0 radical (unpaired) electrons. The van der Waals surface area contributed by atoms with Gasteiger partial charge in [0.25, 0.3) is 5.91 Å². The van der Waals surface area contributed by atoms with Gasteiger partial charge < -0.3 is 9.64 Å². The number of methoxy groups -OCH3 is 1. The van der Waals surface area contributed by atoms with Crippen molar-refractivity contribution < 1.29 is 9.53 Å². The number of imidazole rings is 1. The molecule has 4 heterocycles. The highest BCUT2D eigenvalue weighted by Crippen LogP contribution is 2.35. The maximum atomic E-state index is 12.8. The summed E-state index contributed by atoms with van der Waals surface area (Å²) in [5.74, 6) is 0.953. The lowest BCUT2D eigenvalue weighted by molar-refractivity contribution is 0.0632. The van der Waals surface area contributed by atoms with E-state index >= 15 is 0 Å². The van der Waals surface area contributed by atoms with Gasteiger partial charge in [0.15, 0.2) is 4.96 Å². The number of hydrogen-bond acceptors (Lipinski definition) is 6. The molecule has 5 aromatic rings. The summed E-state index contributed by atoms with van der Waals surface area (Å²) in [5.41, 5.74) is 4.30. The fourth-order valence-electron chi connectivity index (χ4n) is 4.60. The first-order valence-electron chi connectivity index (χ1n) is 11.4. The minimum Gasteiger partial charge on any atom is -0.497 e. The average molecular weight is 523 g/mol. The molecule has 0 bridgehead atoms. The highest BCUT2D eigenvalue weighted by atomic mass is 35.5. The minimum atomic E-state index is 0.131. The Morgan fingerprint density at radius 2 is 1.89 bits per heavy atom. The van der Waals surface area contributed by atoms with Gasteiger partial charge in [-0.3, -0.25) is 14.1 Å². The Morgan fingerprint density at radius 1 is 1.09 bits per heavy atom. The number of carbonyl (C=O) groups is 1. The van der Waals surface area contributed by atoms with Crippen LogP contribution in [0, 0.1) is 0 Å². The first-order chi connectivity index (χ1) is 17.1. The van der Waals surface area contributed by atoms with Crippen LogP contribution in [-0.4, -0.2) is 58.4 Å². The fourth-order valence-corrected chi connectivity index (χ4v) is 6.61. The third-order valence-electron chi connectivity index (χ3n) is 6.43. The summed E-state index contributed by atoms with van der Waals surface area (Å²) >= 11 is 9.42. The number of hydrogen-bond donors (Lipinski definition) is 0. The van der Waals surface area contributed by atoms with Crippen molar-refractivity contribution in [2.24, 2.45) is 0 Å². The van der Waals surface area contributed by atoms with Crippen molar-refractivity contribution in [3.8, 4) is 17.0 Å². The maximum Gasteiger partial charge on any atom is 0.264 e. The monoisotopic (exact) mass is 522 g/mol. The molecule has 6 rings (SSSR count). The van der Waals surface area contributed by atoms with E-state index in [1.54, 1.807) is 18.4 Å². The van der Waals surface area contributed by atoms with Crippen LogP contribution in [0.25, 0.3) is 26.4 Å². The van der Waals surface area contributed by atoms with Crippen molar-refractivity contribution in [2.75, 3.05) is 33.3 Å². The predicted octanol–water partition coefficient (Wildman–Crippen LogP) is 5.90. The fraction of sp³-hybridized carbons (Fsp3) is 0.231. The van der Waals surface area contributed by atoms with Gasteiger partial charge in [0.1, 0.15) is 5.75 Å². The average Bonchev–Trinajstić information content (AvgIpc) is 3.61. The number of carbonyl (C=O) groups excluding carboxylic acids is 1. The van der Waals surface area contributed by atoms with Crippen molar-refractivity contribution in [3.63, 3.8) is 0 Å². The summed E-state index contributed by atoms with van der Waals surface area (Å²) in [4.78, 5) is 24.0. The lowest BCUT2D eigenvalue weighted by Gasteiger charge is -2.34. The van der Waals surface area contributed by atoms with Gasteiger partial charge >= 0.3 is 0 Å². The molecule has 0 unspecified atom stereocenters. The zero-order valence-corrected chi connectivity index (χ0v) is 21.5. The Kier molecular flexibility index (Phi) is 5.98. The van der Waals surface area contributed by atoms with Crippen molar-refractivity contribution >= 4 is 55.4 Å². The van der Waals surface area contributed by atoms with Crippen LogP contribution in [0.2, 0.25) is 5.02 Å². The van der Waals surface area contributed by atoms with Crippen molar-refractivity contribution in [1.29, 1.82) is 0 Å². The molecule has 1 amide bonds. The topological polar surface area (TPSA) is 50.1 Å². The molecule has 0 saturated carbocycles. The summed E-state index contributed by atoms with van der Waals surface area (Å²) in [5, 5.41) is 2.68. The molecule has 6 nitrogen and oxygen atoms in total. The van der Waals surface area contributed by atoms with Gasteiger partial charge in [-0.15, -0.1) is 11.3 Å². The number of halogens is 1. The molecular weight excluding hydrogens is 500 g/mol. The molecule has 0 spiro atoms. The third-order valence-corrected chi connectivity index (χ3v) is 8.53. The Balaban J connectivity index is 1.33. The van der Waals surface area contributed by atoms with Crippen LogP contribution in [0.5, 0.6) is 5.75 Å². The van der Waals surface area contributed by atoms with Crippen molar-refractivity contribution in [1.82, 2.24) is 19.2 Å². The lowest BCUT2D eigenvalue weighted by Crippen LogP contribution is -2.48. The van der Waals surface area contributed by atoms with E-state index in [-0.39, 0.29) is 5.91 Å². The molecule has 1 aliphatic heterocycles. The summed E-state index contributed by atoms with van der Waals surface area (Å²) in [6, 6.07) is 17.9. The number of fused-ring (bicyclic) bond motifs is 3. The van der Waals surface area contributed by atoms with Crippen LogP contribution in [0.3, 0.4) is 0 Å². The molecular formula is C26H23ClN4O2S2. The van der Waals surface area contributed by atoms with E-state index in [1.165, 1.54) is 11.3 Å². The number of thiophene rings is 1. The first kappa shape index (κ1) is 22.5. The maximum absolute atomic E-state index is 12.8. The number of amides is 1. The van der Waals surface area contributed by atoms with Crippen LogP contribution in [-0.2, 0) is 6.54 Å². The summed E-state index contributed by atoms with van der Waals surface area (Å²) in [6.07, 6.45) is 0. The number of piperazine rings is 1. The van der Waals surface area contributed by atoms with Gasteiger partial charge in [-0.2, -0.15) is 0 Å². The second-order valence-electron chi connectivity index (χ2n) is 8.51. The lowest BCUT2D eigenvalue weighted by atomic mass is 10.1. The molecule has 1 saturated heterocycles. The van der Waals surface area contributed by atoms with Gasteiger partial charge in [0, 0.05) is 43.3 Å². The SMILES string of the molecule is COc1ccc(-c2nc3sc4cc(Cl)ccc4n3c2CN2CCN(C(=O)c3cccs3)CC2)cc1. The van der Waals surface area contributed by atoms with Crippen LogP contribution in [0.1, 0.15) is 15.4 Å². The van der Waals surface area contributed by atoms with Gasteiger partial charge in [0.2, 0.25) is 0 Å². The van der Waals surface area contributed by atoms with Crippen LogP contribution >= 0.6 is 34.3 Å². The Hall–Kier alpha value is -2.91. The molecule has 35 heavy (non-hydrogen) atoms. The predicted molar refractivity (Wildman–Crippen MR) is 143 cm³/mol. The number of ether oxygens (including phenoxy) is 1. The van der Waals surface area contributed by atoms with Crippen LogP contribution in [0.15, 0.2) is 60.0 Å². The van der Waals surface area contributed by atoms with Gasteiger partial charge in [-0.05, 0) is 53.9 Å². The smallest absolute Gasteiger partial charge is 0.264 e. The molecule has 2 aromatic carbocycles. The number of nitrogens with zero attached hydrogens (tertiary/aromatic N) is 4. The van der Waals surface area contributed by atoms with E-state index in [2.05, 4.69) is 27.5 Å². The number of thiazole rings is 1. The third kappa shape index (κ3) is 4.21. The molecule has 1 aliphatic rings. The van der Waals surface area contributed by atoms with Crippen molar-refractivity contribution in [2.45, 2.75) is 6.54 Å². The normalized spacial score (nSPS) is 14.7. The quantitative estimate of drug-likeness (QED) is 0.288. The van der Waals surface area contributed by atoms with E-state index in [4.69, 9.17) is 21.3 Å². The Bertz CT molecular complexity index is 1500. The number of rotatable bonds is 5. The molecule has 0 atom stereocenters. The summed E-state index contributed by atoms with van der Waals surface area (Å²) in [6.45, 7) is 3.83. The Labute approximate surface area is 215 Å². The van der Waals surface area contributed by atoms with Gasteiger partial charge in [-0.25, -0.2) is 4.98 Å². The second kappa shape index (κ2) is 9.28. The standard InChI is InChI=1S/C26H23ClN4O2S2/c1-33-19-7-4-17(5-8-19)24-21(31-20-9-6-18(27)15-23(20)35-26(31)28-24)16-29-10-12-30(13-11-29)25(32)22-3-2-14-34-22/h2-9,14-15H,10-13,16H2,1H3. The molecule has 9 heteroatoms. The Morgan fingerprint density at radius 3 is 2.60 bits per heavy atom. The zero-order chi connectivity index (χ0) is 23.9. The molecule has 3 aromatic heterocycles. The molecule has 178 valence electrons. The van der Waals surface area contributed by atoms with E-state index < -0.39 is 0 Å².